The SMILES string of the molecule is CCOC(=O)c1ccc(NC(=O)[C@H]2CCCN2S(=O)(=O)c2cc(OC)ccc2C)cc1. The summed E-state index contributed by atoms with van der Waals surface area (Å²) in [5.74, 6) is -0.418. The molecular weight excluding hydrogens is 420 g/mol. The number of methoxy groups -OCH3 is 1. The molecule has 0 aromatic heterocycles. The molecule has 1 heterocycles. The average molecular weight is 447 g/mol. The Balaban J connectivity index is 1.78. The number of aryl methyl sites for hydroxylation is 1. The van der Waals surface area contributed by atoms with Crippen LogP contribution in [0.5, 0.6) is 5.75 Å². The topological polar surface area (TPSA) is 102 Å². The van der Waals surface area contributed by atoms with Gasteiger partial charge in [0, 0.05) is 18.3 Å². The van der Waals surface area contributed by atoms with Crippen LogP contribution in [0.15, 0.2) is 47.4 Å². The molecule has 1 amide bonds. The number of benzene rings is 2. The molecule has 3 rings (SSSR count). The van der Waals surface area contributed by atoms with Crippen molar-refractivity contribution in [1.29, 1.82) is 0 Å². The predicted octanol–water partition coefficient (Wildman–Crippen LogP) is 2.97. The number of nitrogens with one attached hydrogen (secondary N) is 1. The number of amides is 1. The van der Waals surface area contributed by atoms with Crippen LogP contribution in [0.2, 0.25) is 0 Å². The average Bonchev–Trinajstić information content (AvgIpc) is 3.26. The quantitative estimate of drug-likeness (QED) is 0.656. The van der Waals surface area contributed by atoms with Gasteiger partial charge in [0.25, 0.3) is 0 Å². The van der Waals surface area contributed by atoms with Crippen LogP contribution in [0.3, 0.4) is 0 Å². The van der Waals surface area contributed by atoms with Gasteiger partial charge in [0.15, 0.2) is 0 Å². The van der Waals surface area contributed by atoms with Crippen molar-refractivity contribution in [1.82, 2.24) is 4.31 Å². The Hall–Kier alpha value is -2.91. The first-order chi connectivity index (χ1) is 14.8. The number of carbonyl (C=O) groups is 2. The van der Waals surface area contributed by atoms with E-state index < -0.39 is 27.9 Å². The highest BCUT2D eigenvalue weighted by Crippen LogP contribution is 2.30. The Morgan fingerprint density at radius 1 is 1.16 bits per heavy atom. The largest absolute Gasteiger partial charge is 0.497 e. The zero-order valence-electron chi connectivity index (χ0n) is 17.8. The van der Waals surface area contributed by atoms with E-state index in [9.17, 15) is 18.0 Å². The molecule has 0 unspecified atom stereocenters. The van der Waals surface area contributed by atoms with Crippen LogP contribution in [0.1, 0.15) is 35.7 Å². The van der Waals surface area contributed by atoms with E-state index in [1.807, 2.05) is 0 Å². The maximum absolute atomic E-state index is 13.3. The smallest absolute Gasteiger partial charge is 0.338 e. The fraction of sp³-hybridized carbons (Fsp3) is 0.364. The van der Waals surface area contributed by atoms with Gasteiger partial charge in [-0.1, -0.05) is 6.07 Å². The maximum atomic E-state index is 13.3. The van der Waals surface area contributed by atoms with Crippen LogP contribution in [0.4, 0.5) is 5.69 Å². The van der Waals surface area contributed by atoms with Crippen LogP contribution < -0.4 is 10.1 Å². The zero-order chi connectivity index (χ0) is 22.6. The summed E-state index contributed by atoms with van der Waals surface area (Å²) in [5.41, 5.74) is 1.43. The number of hydrogen-bond acceptors (Lipinski definition) is 6. The maximum Gasteiger partial charge on any atom is 0.338 e. The number of anilines is 1. The summed E-state index contributed by atoms with van der Waals surface area (Å²) in [6, 6.07) is 10.3. The van der Waals surface area contributed by atoms with Gasteiger partial charge in [0.2, 0.25) is 15.9 Å². The second-order valence-electron chi connectivity index (χ2n) is 7.19. The molecule has 1 saturated heterocycles. The molecule has 1 fully saturated rings. The van der Waals surface area contributed by atoms with Crippen molar-refractivity contribution in [2.24, 2.45) is 0 Å². The van der Waals surface area contributed by atoms with Crippen molar-refractivity contribution in [2.75, 3.05) is 25.6 Å². The van der Waals surface area contributed by atoms with E-state index in [0.717, 1.165) is 0 Å². The Bertz CT molecular complexity index is 1070. The number of rotatable bonds is 7. The predicted molar refractivity (Wildman–Crippen MR) is 116 cm³/mol. The lowest BCUT2D eigenvalue weighted by Crippen LogP contribution is -2.43. The van der Waals surface area contributed by atoms with Crippen molar-refractivity contribution >= 4 is 27.6 Å². The van der Waals surface area contributed by atoms with Crippen LogP contribution >= 0.6 is 0 Å². The van der Waals surface area contributed by atoms with Crippen molar-refractivity contribution in [3.63, 3.8) is 0 Å². The van der Waals surface area contributed by atoms with Gasteiger partial charge in [-0.3, -0.25) is 4.79 Å². The second kappa shape index (κ2) is 9.49. The van der Waals surface area contributed by atoms with Crippen LogP contribution in [0, 0.1) is 6.92 Å². The summed E-state index contributed by atoms with van der Waals surface area (Å²) in [7, 11) is -2.41. The minimum absolute atomic E-state index is 0.130. The fourth-order valence-electron chi connectivity index (χ4n) is 3.53. The molecule has 1 atom stereocenters. The van der Waals surface area contributed by atoms with Gasteiger partial charge < -0.3 is 14.8 Å². The Morgan fingerprint density at radius 2 is 1.87 bits per heavy atom. The van der Waals surface area contributed by atoms with Gasteiger partial charge in [0.1, 0.15) is 11.8 Å². The number of nitrogens with zero attached hydrogens (tertiary/aromatic N) is 1. The van der Waals surface area contributed by atoms with Gasteiger partial charge in [0.05, 0.1) is 24.2 Å². The molecular formula is C22H26N2O6S. The Labute approximate surface area is 182 Å². The molecule has 0 spiro atoms. The lowest BCUT2D eigenvalue weighted by molar-refractivity contribution is -0.119. The number of carbonyl (C=O) groups excluding carboxylic acids is 2. The van der Waals surface area contributed by atoms with Gasteiger partial charge >= 0.3 is 5.97 Å². The third-order valence-corrected chi connectivity index (χ3v) is 7.20. The van der Waals surface area contributed by atoms with E-state index in [1.54, 1.807) is 50.2 Å². The lowest BCUT2D eigenvalue weighted by atomic mass is 10.2. The number of ether oxygens (including phenoxy) is 2. The van der Waals surface area contributed by atoms with Gasteiger partial charge in [-0.15, -0.1) is 0 Å². The van der Waals surface area contributed by atoms with Crippen LogP contribution in [-0.2, 0) is 19.6 Å². The van der Waals surface area contributed by atoms with E-state index in [4.69, 9.17) is 9.47 Å². The molecule has 0 radical (unpaired) electrons. The van der Waals surface area contributed by atoms with Gasteiger partial charge in [-0.05, 0) is 62.6 Å². The highest BCUT2D eigenvalue weighted by molar-refractivity contribution is 7.89. The van der Waals surface area contributed by atoms with Gasteiger partial charge in [-0.25, -0.2) is 13.2 Å². The Morgan fingerprint density at radius 3 is 2.52 bits per heavy atom. The first kappa shape index (κ1) is 22.8. The lowest BCUT2D eigenvalue weighted by Gasteiger charge is -2.24. The first-order valence-corrected chi connectivity index (χ1v) is 11.5. The minimum Gasteiger partial charge on any atom is -0.497 e. The minimum atomic E-state index is -3.88. The number of esters is 1. The summed E-state index contributed by atoms with van der Waals surface area (Å²) in [5, 5.41) is 2.75. The molecule has 1 N–H and O–H groups in total. The van der Waals surface area contributed by atoms with Crippen LogP contribution in [0.25, 0.3) is 0 Å². The second-order valence-corrected chi connectivity index (χ2v) is 9.05. The molecule has 1 aliphatic rings. The molecule has 9 heteroatoms. The van der Waals surface area contributed by atoms with Crippen molar-refractivity contribution in [3.8, 4) is 5.75 Å². The molecule has 31 heavy (non-hydrogen) atoms. The number of sulfonamides is 1. The standard InChI is InChI=1S/C22H26N2O6S/c1-4-30-22(26)16-8-10-17(11-9-16)23-21(25)19-6-5-13-24(19)31(27,28)20-14-18(29-3)12-7-15(20)2/h7-12,14,19H,4-6,13H2,1-3H3,(H,23,25)/t19-/m1/s1. The van der Waals surface area contributed by atoms with Crippen molar-refractivity contribution < 1.29 is 27.5 Å². The Kier molecular flexibility index (Phi) is 6.97. The molecule has 1 aliphatic heterocycles. The van der Waals surface area contributed by atoms with E-state index in [2.05, 4.69) is 5.32 Å². The summed E-state index contributed by atoms with van der Waals surface area (Å²) >= 11 is 0. The molecule has 2 aromatic carbocycles. The van der Waals surface area contributed by atoms with E-state index >= 15 is 0 Å². The summed E-state index contributed by atoms with van der Waals surface area (Å²) in [6.45, 7) is 3.97. The van der Waals surface area contributed by atoms with Gasteiger partial charge in [-0.2, -0.15) is 4.31 Å². The van der Waals surface area contributed by atoms with Crippen molar-refractivity contribution in [2.45, 2.75) is 37.6 Å². The molecule has 166 valence electrons. The van der Waals surface area contributed by atoms with Crippen LogP contribution in [-0.4, -0.2) is 50.9 Å². The summed E-state index contributed by atoms with van der Waals surface area (Å²) < 4.78 is 38.0. The third-order valence-electron chi connectivity index (χ3n) is 5.15. The molecule has 0 aliphatic carbocycles. The first-order valence-electron chi connectivity index (χ1n) is 10.0. The summed E-state index contributed by atoms with van der Waals surface area (Å²) in [4.78, 5) is 24.8. The summed E-state index contributed by atoms with van der Waals surface area (Å²) in [6.07, 6.45) is 1.01. The van der Waals surface area contributed by atoms with E-state index in [1.165, 1.54) is 17.5 Å². The zero-order valence-corrected chi connectivity index (χ0v) is 18.6. The molecule has 8 nitrogen and oxygen atoms in total. The molecule has 2 aromatic rings. The monoisotopic (exact) mass is 446 g/mol. The fourth-order valence-corrected chi connectivity index (χ4v) is 5.43. The van der Waals surface area contributed by atoms with E-state index in [0.29, 0.717) is 35.4 Å². The highest BCUT2D eigenvalue weighted by atomic mass is 32.2. The normalized spacial score (nSPS) is 16.7. The number of hydrogen-bond donors (Lipinski definition) is 1. The molecule has 0 bridgehead atoms. The van der Waals surface area contributed by atoms with Crippen molar-refractivity contribution in [3.05, 3.63) is 53.6 Å². The highest BCUT2D eigenvalue weighted by Gasteiger charge is 2.40. The molecule has 0 saturated carbocycles. The third kappa shape index (κ3) is 4.88. The van der Waals surface area contributed by atoms with E-state index in [-0.39, 0.29) is 18.0 Å².